The van der Waals surface area contributed by atoms with Crippen molar-refractivity contribution < 1.29 is 9.59 Å². The van der Waals surface area contributed by atoms with Gasteiger partial charge in [0, 0.05) is 37.0 Å². The van der Waals surface area contributed by atoms with E-state index in [1.54, 1.807) is 16.7 Å². The molecular formula is C17H26N4O2S. The van der Waals surface area contributed by atoms with Gasteiger partial charge in [-0.25, -0.2) is 9.78 Å². The molecule has 0 saturated heterocycles. The summed E-state index contributed by atoms with van der Waals surface area (Å²) >= 11 is 1.68. The van der Waals surface area contributed by atoms with Gasteiger partial charge in [-0.3, -0.25) is 9.69 Å². The fourth-order valence-electron chi connectivity index (χ4n) is 2.60. The average molecular weight is 350 g/mol. The van der Waals surface area contributed by atoms with E-state index in [0.29, 0.717) is 13.1 Å². The van der Waals surface area contributed by atoms with Crippen LogP contribution in [0.5, 0.6) is 0 Å². The molecule has 1 aliphatic heterocycles. The highest BCUT2D eigenvalue weighted by atomic mass is 32.2. The number of rotatable bonds is 5. The van der Waals surface area contributed by atoms with Crippen LogP contribution in [-0.2, 0) is 4.79 Å². The number of carbonyl (C=O) groups is 2. The van der Waals surface area contributed by atoms with E-state index in [0.717, 1.165) is 34.1 Å². The Bertz CT molecular complexity index is 621. The lowest BCUT2D eigenvalue weighted by molar-refractivity contribution is -0.121. The lowest BCUT2D eigenvalue weighted by Gasteiger charge is -2.30. The van der Waals surface area contributed by atoms with Crippen LogP contribution in [-0.4, -0.2) is 41.8 Å². The molecule has 7 heteroatoms. The second-order valence-electron chi connectivity index (χ2n) is 6.09. The Balaban J connectivity index is 1.94. The SMILES string of the molecule is CCC(C)NC(=O)CCNC(=O)N1CCSc2nc(C)cc(C)c21. The fraction of sp³-hybridized carbons (Fsp3) is 0.588. The topological polar surface area (TPSA) is 74.3 Å². The second-order valence-corrected chi connectivity index (χ2v) is 7.18. The summed E-state index contributed by atoms with van der Waals surface area (Å²) in [6.45, 7) is 8.93. The van der Waals surface area contributed by atoms with E-state index in [1.165, 1.54) is 0 Å². The standard InChI is InChI=1S/C17H26N4O2S/c1-5-12(3)19-14(22)6-7-18-17(23)21-8-9-24-16-15(21)11(2)10-13(4)20-16/h10,12H,5-9H2,1-4H3,(H,18,23)(H,19,22). The molecule has 2 rings (SSSR count). The van der Waals surface area contributed by atoms with Crippen LogP contribution in [0.4, 0.5) is 10.5 Å². The molecule has 2 heterocycles. The zero-order chi connectivity index (χ0) is 17.7. The van der Waals surface area contributed by atoms with Crippen molar-refractivity contribution in [3.63, 3.8) is 0 Å². The lowest BCUT2D eigenvalue weighted by Crippen LogP contribution is -2.44. The number of anilines is 1. The summed E-state index contributed by atoms with van der Waals surface area (Å²) in [5, 5.41) is 6.65. The van der Waals surface area contributed by atoms with E-state index in [-0.39, 0.29) is 24.4 Å². The van der Waals surface area contributed by atoms with Crippen molar-refractivity contribution in [1.82, 2.24) is 15.6 Å². The molecule has 0 saturated carbocycles. The third-order valence-electron chi connectivity index (χ3n) is 4.00. The molecular weight excluding hydrogens is 324 g/mol. The van der Waals surface area contributed by atoms with Crippen LogP contribution in [0.1, 0.15) is 37.9 Å². The minimum absolute atomic E-state index is 0.0345. The van der Waals surface area contributed by atoms with Gasteiger partial charge in [0.05, 0.1) is 5.69 Å². The predicted molar refractivity (Wildman–Crippen MR) is 97.7 cm³/mol. The third kappa shape index (κ3) is 4.63. The highest BCUT2D eigenvalue weighted by Crippen LogP contribution is 2.36. The lowest BCUT2D eigenvalue weighted by atomic mass is 10.2. The number of fused-ring (bicyclic) bond motifs is 1. The fourth-order valence-corrected chi connectivity index (χ4v) is 3.68. The molecule has 6 nitrogen and oxygen atoms in total. The van der Waals surface area contributed by atoms with Gasteiger partial charge in [0.25, 0.3) is 0 Å². The van der Waals surface area contributed by atoms with Gasteiger partial charge < -0.3 is 10.6 Å². The van der Waals surface area contributed by atoms with Crippen LogP contribution in [0, 0.1) is 13.8 Å². The van der Waals surface area contributed by atoms with Crippen LogP contribution in [0.2, 0.25) is 0 Å². The maximum atomic E-state index is 12.5. The molecule has 24 heavy (non-hydrogen) atoms. The molecule has 3 amide bonds. The van der Waals surface area contributed by atoms with E-state index < -0.39 is 0 Å². The van der Waals surface area contributed by atoms with Gasteiger partial charge in [0.15, 0.2) is 0 Å². The molecule has 0 radical (unpaired) electrons. The number of amides is 3. The molecule has 132 valence electrons. The van der Waals surface area contributed by atoms with E-state index in [1.807, 2.05) is 33.8 Å². The Hall–Kier alpha value is -1.76. The molecule has 1 aliphatic rings. The molecule has 1 aromatic heterocycles. The van der Waals surface area contributed by atoms with E-state index >= 15 is 0 Å². The summed E-state index contributed by atoms with van der Waals surface area (Å²) in [4.78, 5) is 30.5. The Labute approximate surface area is 147 Å². The predicted octanol–water partition coefficient (Wildman–Crippen LogP) is 2.62. The maximum absolute atomic E-state index is 12.5. The van der Waals surface area contributed by atoms with E-state index in [4.69, 9.17) is 0 Å². The van der Waals surface area contributed by atoms with Crippen molar-refractivity contribution >= 4 is 29.4 Å². The van der Waals surface area contributed by atoms with Gasteiger partial charge in [0.1, 0.15) is 5.03 Å². The van der Waals surface area contributed by atoms with Crippen LogP contribution in [0.25, 0.3) is 0 Å². The summed E-state index contributed by atoms with van der Waals surface area (Å²) in [6.07, 6.45) is 1.18. The molecule has 0 spiro atoms. The zero-order valence-electron chi connectivity index (χ0n) is 14.8. The summed E-state index contributed by atoms with van der Waals surface area (Å²) in [5.74, 6) is 0.790. The Morgan fingerprint density at radius 1 is 1.42 bits per heavy atom. The minimum Gasteiger partial charge on any atom is -0.354 e. The number of nitrogens with one attached hydrogen (secondary N) is 2. The molecule has 2 N–H and O–H groups in total. The molecule has 0 bridgehead atoms. The van der Waals surface area contributed by atoms with Gasteiger partial charge in [-0.15, -0.1) is 11.8 Å². The maximum Gasteiger partial charge on any atom is 0.322 e. The third-order valence-corrected chi connectivity index (χ3v) is 4.94. The van der Waals surface area contributed by atoms with Crippen molar-refractivity contribution in [2.24, 2.45) is 0 Å². The number of aromatic nitrogens is 1. The first-order valence-electron chi connectivity index (χ1n) is 8.38. The number of hydrogen-bond acceptors (Lipinski definition) is 4. The van der Waals surface area contributed by atoms with E-state index in [9.17, 15) is 9.59 Å². The van der Waals surface area contributed by atoms with Crippen molar-refractivity contribution in [3.8, 4) is 0 Å². The summed E-state index contributed by atoms with van der Waals surface area (Å²) in [6, 6.07) is 1.99. The Kier molecular flexibility index (Phi) is 6.48. The molecule has 1 aromatic rings. The van der Waals surface area contributed by atoms with Gasteiger partial charge >= 0.3 is 6.03 Å². The molecule has 0 aromatic carbocycles. The molecule has 1 unspecified atom stereocenters. The number of nitrogens with zero attached hydrogens (tertiary/aromatic N) is 2. The number of hydrogen-bond donors (Lipinski definition) is 2. The molecule has 0 aliphatic carbocycles. The van der Waals surface area contributed by atoms with Crippen molar-refractivity contribution in [2.75, 3.05) is 23.7 Å². The minimum atomic E-state index is -0.165. The van der Waals surface area contributed by atoms with Crippen LogP contribution in [0.3, 0.4) is 0 Å². The molecule has 1 atom stereocenters. The number of aryl methyl sites for hydroxylation is 2. The van der Waals surface area contributed by atoms with Crippen molar-refractivity contribution in [2.45, 2.75) is 51.6 Å². The number of thioether (sulfide) groups is 1. The van der Waals surface area contributed by atoms with Gasteiger partial charge in [-0.1, -0.05) is 6.92 Å². The number of pyridine rings is 1. The van der Waals surface area contributed by atoms with Crippen LogP contribution in [0.15, 0.2) is 11.1 Å². The van der Waals surface area contributed by atoms with Crippen molar-refractivity contribution in [3.05, 3.63) is 17.3 Å². The first kappa shape index (κ1) is 18.6. The Morgan fingerprint density at radius 3 is 2.88 bits per heavy atom. The van der Waals surface area contributed by atoms with Gasteiger partial charge in [-0.05, 0) is 38.8 Å². The quantitative estimate of drug-likeness (QED) is 0.856. The second kappa shape index (κ2) is 8.37. The van der Waals surface area contributed by atoms with Gasteiger partial charge in [0.2, 0.25) is 5.91 Å². The monoisotopic (exact) mass is 350 g/mol. The zero-order valence-corrected chi connectivity index (χ0v) is 15.6. The number of carbonyl (C=O) groups excluding carboxylic acids is 2. The van der Waals surface area contributed by atoms with Crippen LogP contribution < -0.4 is 15.5 Å². The first-order chi connectivity index (χ1) is 11.4. The van der Waals surface area contributed by atoms with Crippen LogP contribution >= 0.6 is 11.8 Å². The Morgan fingerprint density at radius 2 is 2.17 bits per heavy atom. The first-order valence-corrected chi connectivity index (χ1v) is 9.36. The highest BCUT2D eigenvalue weighted by Gasteiger charge is 2.26. The largest absolute Gasteiger partial charge is 0.354 e. The highest BCUT2D eigenvalue weighted by molar-refractivity contribution is 7.99. The smallest absolute Gasteiger partial charge is 0.322 e. The molecule has 0 fully saturated rings. The van der Waals surface area contributed by atoms with E-state index in [2.05, 4.69) is 15.6 Å². The summed E-state index contributed by atoms with van der Waals surface area (Å²) in [5.41, 5.74) is 2.90. The number of urea groups is 1. The summed E-state index contributed by atoms with van der Waals surface area (Å²) in [7, 11) is 0. The van der Waals surface area contributed by atoms with Gasteiger partial charge in [-0.2, -0.15) is 0 Å². The average Bonchev–Trinajstić information content (AvgIpc) is 2.53. The normalized spacial score (nSPS) is 14.8. The summed E-state index contributed by atoms with van der Waals surface area (Å²) < 4.78 is 0. The van der Waals surface area contributed by atoms with Crippen molar-refractivity contribution in [1.29, 1.82) is 0 Å².